The molecular formula is C29H34N6O4. The van der Waals surface area contributed by atoms with Crippen LogP contribution in [-0.4, -0.2) is 50.7 Å². The Morgan fingerprint density at radius 1 is 1.21 bits per heavy atom. The third-order valence-electron chi connectivity index (χ3n) is 7.80. The molecule has 1 amide bonds. The van der Waals surface area contributed by atoms with Gasteiger partial charge in [0.15, 0.2) is 5.75 Å². The highest BCUT2D eigenvalue weighted by Gasteiger charge is 2.30. The van der Waals surface area contributed by atoms with Crippen LogP contribution in [0, 0.1) is 19.8 Å². The molecule has 0 radical (unpaired) electrons. The van der Waals surface area contributed by atoms with E-state index < -0.39 is 0 Å². The van der Waals surface area contributed by atoms with Gasteiger partial charge in [0.25, 0.3) is 11.5 Å². The molecular weight excluding hydrogens is 496 g/mol. The lowest BCUT2D eigenvalue weighted by atomic mass is 9.90. The molecule has 39 heavy (non-hydrogen) atoms. The molecule has 3 aromatic heterocycles. The first-order valence-corrected chi connectivity index (χ1v) is 13.2. The number of ether oxygens (including phenoxy) is 1. The number of nitrogens with zero attached hydrogens (tertiary/aromatic N) is 4. The van der Waals surface area contributed by atoms with Gasteiger partial charge >= 0.3 is 0 Å². The molecule has 0 bridgehead atoms. The Labute approximate surface area is 226 Å². The lowest BCUT2D eigenvalue weighted by Crippen LogP contribution is -2.37. The number of piperidine rings is 1. The van der Waals surface area contributed by atoms with Crippen LogP contribution >= 0.6 is 0 Å². The summed E-state index contributed by atoms with van der Waals surface area (Å²) in [4.78, 5) is 39.5. The number of aromatic nitrogens is 4. The van der Waals surface area contributed by atoms with E-state index in [1.54, 1.807) is 13.0 Å². The van der Waals surface area contributed by atoms with E-state index in [2.05, 4.69) is 42.7 Å². The number of para-hydroxylation sites is 1. The number of aryl methyl sites for hydroxylation is 1. The maximum absolute atomic E-state index is 13.6. The van der Waals surface area contributed by atoms with Gasteiger partial charge in [0.1, 0.15) is 5.75 Å². The largest absolute Gasteiger partial charge is 0.505 e. The number of anilines is 1. The van der Waals surface area contributed by atoms with E-state index in [0.717, 1.165) is 42.5 Å². The van der Waals surface area contributed by atoms with Gasteiger partial charge in [-0.2, -0.15) is 0 Å². The van der Waals surface area contributed by atoms with Crippen LogP contribution in [0.25, 0.3) is 10.9 Å². The summed E-state index contributed by atoms with van der Waals surface area (Å²) >= 11 is 0. The number of pyridine rings is 1. The van der Waals surface area contributed by atoms with Gasteiger partial charge in [-0.05, 0) is 51.7 Å². The van der Waals surface area contributed by atoms with Gasteiger partial charge in [0, 0.05) is 41.4 Å². The molecule has 1 aliphatic heterocycles. The van der Waals surface area contributed by atoms with Gasteiger partial charge in [0.05, 0.1) is 37.2 Å². The molecule has 10 heteroatoms. The molecule has 10 nitrogen and oxygen atoms in total. The number of carbonyl (C=O) groups is 1. The Balaban J connectivity index is 1.37. The van der Waals surface area contributed by atoms with Crippen molar-refractivity contribution in [1.82, 2.24) is 24.8 Å². The van der Waals surface area contributed by atoms with Crippen molar-refractivity contribution in [2.75, 3.05) is 25.1 Å². The van der Waals surface area contributed by atoms with E-state index in [9.17, 15) is 14.7 Å². The second kappa shape index (κ2) is 10.8. The number of carbonyl (C=O) groups excluding carboxylic acids is 1. The summed E-state index contributed by atoms with van der Waals surface area (Å²) in [7, 11) is 1.51. The van der Waals surface area contributed by atoms with Crippen molar-refractivity contribution >= 4 is 22.8 Å². The Morgan fingerprint density at radius 3 is 2.59 bits per heavy atom. The lowest BCUT2D eigenvalue weighted by molar-refractivity contribution is 0.0951. The quantitative estimate of drug-likeness (QED) is 0.331. The first-order chi connectivity index (χ1) is 18.8. The van der Waals surface area contributed by atoms with Gasteiger partial charge in [-0.1, -0.05) is 18.2 Å². The maximum Gasteiger partial charge on any atom is 0.256 e. The first kappa shape index (κ1) is 26.3. The van der Waals surface area contributed by atoms with Crippen LogP contribution in [0.15, 0.2) is 47.5 Å². The molecule has 1 saturated heterocycles. The molecule has 0 unspecified atom stereocenters. The molecule has 1 aromatic carbocycles. The third-order valence-corrected chi connectivity index (χ3v) is 7.80. The molecule has 4 heterocycles. The lowest BCUT2D eigenvalue weighted by Gasteiger charge is -2.36. The predicted octanol–water partition coefficient (Wildman–Crippen LogP) is 3.86. The highest BCUT2D eigenvalue weighted by atomic mass is 16.5. The van der Waals surface area contributed by atoms with Crippen molar-refractivity contribution in [3.8, 4) is 11.5 Å². The van der Waals surface area contributed by atoms with Gasteiger partial charge in [-0.3, -0.25) is 9.59 Å². The van der Waals surface area contributed by atoms with E-state index in [1.165, 1.54) is 19.5 Å². The number of rotatable bonds is 7. The van der Waals surface area contributed by atoms with Crippen molar-refractivity contribution < 1.29 is 14.6 Å². The zero-order valence-electron chi connectivity index (χ0n) is 22.7. The molecule has 0 spiro atoms. The molecule has 204 valence electrons. The molecule has 1 aliphatic rings. The summed E-state index contributed by atoms with van der Waals surface area (Å²) in [6.45, 7) is 7.69. The van der Waals surface area contributed by atoms with Crippen LogP contribution < -0.4 is 20.5 Å². The number of fused-ring (bicyclic) bond motifs is 1. The fourth-order valence-corrected chi connectivity index (χ4v) is 5.77. The standard InChI is InChI=1S/C29H34N6O4/c1-17-13-25(39-4)23(27(37)33-17)16-30-28(38)26-19(3)35(24-8-6-5-7-22(24)26)18(2)20-9-11-34(12-10-20)29-31-14-21(36)15-32-29/h5-8,13-15,18,20,36H,9-12,16H2,1-4H3,(H,30,38)(H,33,37)/t18-/m1/s1. The van der Waals surface area contributed by atoms with Crippen LogP contribution in [0.1, 0.15) is 53.1 Å². The minimum atomic E-state index is -0.274. The molecule has 4 aromatic rings. The average Bonchev–Trinajstić information content (AvgIpc) is 3.23. The molecule has 0 saturated carbocycles. The highest BCUT2D eigenvalue weighted by molar-refractivity contribution is 6.08. The minimum Gasteiger partial charge on any atom is -0.505 e. The number of H-pyrrole nitrogens is 1. The van der Waals surface area contributed by atoms with Crippen molar-refractivity contribution in [1.29, 1.82) is 0 Å². The Hall–Kier alpha value is -4.34. The van der Waals surface area contributed by atoms with Crippen molar-refractivity contribution in [3.05, 3.63) is 75.6 Å². The van der Waals surface area contributed by atoms with E-state index in [1.807, 2.05) is 25.1 Å². The molecule has 1 fully saturated rings. The van der Waals surface area contributed by atoms with E-state index >= 15 is 0 Å². The summed E-state index contributed by atoms with van der Waals surface area (Å²) in [5, 5.41) is 13.3. The van der Waals surface area contributed by atoms with Crippen LogP contribution in [-0.2, 0) is 6.54 Å². The second-order valence-corrected chi connectivity index (χ2v) is 10.2. The number of hydrogen-bond donors (Lipinski definition) is 3. The van der Waals surface area contributed by atoms with Gasteiger partial charge in [0.2, 0.25) is 5.95 Å². The molecule has 0 aliphatic carbocycles. The average molecular weight is 531 g/mol. The number of aromatic hydroxyl groups is 1. The highest BCUT2D eigenvalue weighted by Crippen LogP contribution is 2.36. The normalized spacial score (nSPS) is 14.9. The van der Waals surface area contributed by atoms with Crippen molar-refractivity contribution in [2.45, 2.75) is 46.2 Å². The van der Waals surface area contributed by atoms with E-state index in [0.29, 0.717) is 34.4 Å². The minimum absolute atomic E-state index is 0.0573. The van der Waals surface area contributed by atoms with Gasteiger partial charge in [-0.25, -0.2) is 9.97 Å². The molecule has 3 N–H and O–H groups in total. The second-order valence-electron chi connectivity index (χ2n) is 10.2. The first-order valence-electron chi connectivity index (χ1n) is 13.2. The van der Waals surface area contributed by atoms with Crippen LogP contribution in [0.4, 0.5) is 5.95 Å². The maximum atomic E-state index is 13.6. The van der Waals surface area contributed by atoms with E-state index in [-0.39, 0.29) is 29.8 Å². The Kier molecular flexibility index (Phi) is 7.28. The van der Waals surface area contributed by atoms with Crippen molar-refractivity contribution in [3.63, 3.8) is 0 Å². The van der Waals surface area contributed by atoms with Gasteiger partial charge < -0.3 is 29.6 Å². The van der Waals surface area contributed by atoms with Gasteiger partial charge in [-0.15, -0.1) is 0 Å². The fourth-order valence-electron chi connectivity index (χ4n) is 5.77. The Morgan fingerprint density at radius 2 is 1.90 bits per heavy atom. The third kappa shape index (κ3) is 5.06. The van der Waals surface area contributed by atoms with Crippen molar-refractivity contribution in [2.24, 2.45) is 5.92 Å². The van der Waals surface area contributed by atoms with Crippen LogP contribution in [0.5, 0.6) is 11.5 Å². The summed E-state index contributed by atoms with van der Waals surface area (Å²) in [5.74, 6) is 1.31. The van der Waals surface area contributed by atoms with E-state index in [4.69, 9.17) is 4.74 Å². The number of methoxy groups -OCH3 is 1. The smallest absolute Gasteiger partial charge is 0.256 e. The zero-order chi connectivity index (χ0) is 27.7. The number of nitrogens with one attached hydrogen (secondary N) is 2. The Bertz CT molecular complexity index is 1550. The summed E-state index contributed by atoms with van der Waals surface area (Å²) < 4.78 is 7.66. The fraction of sp³-hybridized carbons (Fsp3) is 0.379. The van der Waals surface area contributed by atoms with Crippen LogP contribution in [0.2, 0.25) is 0 Å². The number of aromatic amines is 1. The number of benzene rings is 1. The summed E-state index contributed by atoms with van der Waals surface area (Å²) in [6, 6.07) is 9.89. The molecule has 5 rings (SSSR count). The topological polar surface area (TPSA) is 125 Å². The number of hydrogen-bond acceptors (Lipinski definition) is 7. The summed E-state index contributed by atoms with van der Waals surface area (Å²) in [5.41, 5.74) is 3.34. The number of amides is 1. The zero-order valence-corrected chi connectivity index (χ0v) is 22.7. The monoisotopic (exact) mass is 530 g/mol. The predicted molar refractivity (Wildman–Crippen MR) is 150 cm³/mol. The molecule has 1 atom stereocenters. The SMILES string of the molecule is COc1cc(C)[nH]c(=O)c1CNC(=O)c1c(C)n([C@H](C)C2CCN(c3ncc(O)cn3)CC2)c2ccccc12. The van der Waals surface area contributed by atoms with Crippen LogP contribution in [0.3, 0.4) is 0 Å². The summed E-state index contributed by atoms with van der Waals surface area (Å²) in [6.07, 6.45) is 4.75.